The fourth-order valence-corrected chi connectivity index (χ4v) is 5.09. The second-order valence-electron chi connectivity index (χ2n) is 8.84. The highest BCUT2D eigenvalue weighted by atomic mass is 16.2. The summed E-state index contributed by atoms with van der Waals surface area (Å²) in [7, 11) is 0. The van der Waals surface area contributed by atoms with Gasteiger partial charge in [0.2, 0.25) is 11.8 Å². The molecular weight excluding hydrogens is 404 g/mol. The van der Waals surface area contributed by atoms with E-state index in [0.717, 1.165) is 43.6 Å². The Balaban J connectivity index is 1.37. The van der Waals surface area contributed by atoms with Gasteiger partial charge in [-0.3, -0.25) is 19.7 Å². The number of anilines is 1. The zero-order chi connectivity index (χ0) is 22.1. The highest BCUT2D eigenvalue weighted by molar-refractivity contribution is 6.05. The predicted molar refractivity (Wildman–Crippen MR) is 121 cm³/mol. The third kappa shape index (κ3) is 4.00. The second kappa shape index (κ2) is 8.74. The Kier molecular flexibility index (Phi) is 5.66. The van der Waals surface area contributed by atoms with Crippen LogP contribution >= 0.6 is 0 Å². The number of hydrogen-bond donors (Lipinski definition) is 2. The van der Waals surface area contributed by atoms with Gasteiger partial charge >= 0.3 is 0 Å². The molecule has 7 heteroatoms. The highest BCUT2D eigenvalue weighted by Crippen LogP contribution is 2.30. The first-order valence-corrected chi connectivity index (χ1v) is 11.4. The first-order chi connectivity index (χ1) is 15.6. The second-order valence-corrected chi connectivity index (χ2v) is 8.84. The molecule has 0 saturated carbocycles. The van der Waals surface area contributed by atoms with Gasteiger partial charge in [0.15, 0.2) is 0 Å². The molecule has 2 aromatic rings. The highest BCUT2D eigenvalue weighted by Gasteiger charge is 2.39. The zero-order valence-corrected chi connectivity index (χ0v) is 18.0. The maximum atomic E-state index is 13.0. The average molecular weight is 433 g/mol. The monoisotopic (exact) mass is 432 g/mol. The number of carbonyl (C=O) groups is 3. The predicted octanol–water partition coefficient (Wildman–Crippen LogP) is 2.21. The van der Waals surface area contributed by atoms with Crippen molar-refractivity contribution in [3.05, 3.63) is 65.2 Å². The first-order valence-electron chi connectivity index (χ1n) is 11.4. The number of benzene rings is 2. The normalized spacial score (nSPS) is 21.4. The maximum Gasteiger partial charge on any atom is 0.255 e. The molecule has 166 valence electrons. The number of nitrogens with one attached hydrogen (secondary N) is 2. The largest absolute Gasteiger partial charge is 0.364 e. The summed E-state index contributed by atoms with van der Waals surface area (Å²) in [6.07, 6.45) is 2.85. The Hall–Kier alpha value is -3.19. The summed E-state index contributed by atoms with van der Waals surface area (Å²) >= 11 is 0. The molecule has 0 radical (unpaired) electrons. The molecule has 1 atom stereocenters. The number of imide groups is 1. The van der Waals surface area contributed by atoms with E-state index in [1.807, 2.05) is 18.2 Å². The van der Waals surface area contributed by atoms with Crippen molar-refractivity contribution in [2.45, 2.75) is 50.9 Å². The van der Waals surface area contributed by atoms with Crippen LogP contribution in [0.5, 0.6) is 0 Å². The van der Waals surface area contributed by atoms with Gasteiger partial charge in [-0.2, -0.15) is 0 Å². The molecule has 3 amide bonds. The smallest absolute Gasteiger partial charge is 0.255 e. The van der Waals surface area contributed by atoms with Gasteiger partial charge in [-0.15, -0.1) is 0 Å². The summed E-state index contributed by atoms with van der Waals surface area (Å²) in [6, 6.07) is 16.4. The average Bonchev–Trinajstić information content (AvgIpc) is 3.14. The van der Waals surface area contributed by atoms with Crippen LogP contribution in [0.2, 0.25) is 0 Å². The van der Waals surface area contributed by atoms with Gasteiger partial charge in [0.25, 0.3) is 5.91 Å². The summed E-state index contributed by atoms with van der Waals surface area (Å²) in [6.45, 7) is 3.22. The van der Waals surface area contributed by atoms with E-state index in [1.165, 1.54) is 5.69 Å². The third-order valence-corrected chi connectivity index (χ3v) is 6.78. The van der Waals surface area contributed by atoms with Crippen LogP contribution in [0.1, 0.15) is 47.2 Å². The van der Waals surface area contributed by atoms with Crippen molar-refractivity contribution in [1.82, 2.24) is 15.5 Å². The third-order valence-electron chi connectivity index (χ3n) is 6.78. The minimum atomic E-state index is -0.577. The minimum Gasteiger partial charge on any atom is -0.364 e. The van der Waals surface area contributed by atoms with E-state index >= 15 is 0 Å². The van der Waals surface area contributed by atoms with Crippen LogP contribution in [0.25, 0.3) is 0 Å². The van der Waals surface area contributed by atoms with Crippen molar-refractivity contribution in [2.75, 3.05) is 18.0 Å². The summed E-state index contributed by atoms with van der Waals surface area (Å²) < 4.78 is 0. The Morgan fingerprint density at radius 3 is 2.50 bits per heavy atom. The number of para-hydroxylation sites is 1. The van der Waals surface area contributed by atoms with Gasteiger partial charge in [0, 0.05) is 36.8 Å². The molecule has 7 nitrogen and oxygen atoms in total. The molecule has 32 heavy (non-hydrogen) atoms. The number of hydrogen-bond acceptors (Lipinski definition) is 5. The van der Waals surface area contributed by atoms with Crippen molar-refractivity contribution in [1.29, 1.82) is 0 Å². The van der Waals surface area contributed by atoms with Crippen LogP contribution in [0.3, 0.4) is 0 Å². The van der Waals surface area contributed by atoms with E-state index in [4.69, 9.17) is 0 Å². The van der Waals surface area contributed by atoms with Crippen LogP contribution in [-0.2, 0) is 22.7 Å². The van der Waals surface area contributed by atoms with E-state index < -0.39 is 6.04 Å². The van der Waals surface area contributed by atoms with Crippen LogP contribution in [-0.4, -0.2) is 47.8 Å². The number of nitrogens with zero attached hydrogens (tertiary/aromatic N) is 2. The quantitative estimate of drug-likeness (QED) is 0.708. The number of piperidine rings is 2. The van der Waals surface area contributed by atoms with Crippen LogP contribution in [0.15, 0.2) is 48.5 Å². The van der Waals surface area contributed by atoms with E-state index in [2.05, 4.69) is 45.9 Å². The lowest BCUT2D eigenvalue weighted by Gasteiger charge is -2.36. The molecule has 3 aliphatic heterocycles. The van der Waals surface area contributed by atoms with Crippen molar-refractivity contribution >= 4 is 23.4 Å². The molecule has 2 fully saturated rings. The van der Waals surface area contributed by atoms with Crippen molar-refractivity contribution in [3.63, 3.8) is 0 Å². The lowest BCUT2D eigenvalue weighted by Crippen LogP contribution is -2.52. The van der Waals surface area contributed by atoms with E-state index in [-0.39, 0.29) is 24.1 Å². The lowest BCUT2D eigenvalue weighted by molar-refractivity contribution is -0.136. The summed E-state index contributed by atoms with van der Waals surface area (Å²) in [4.78, 5) is 40.8. The molecular formula is C25H28N4O3. The molecule has 1 unspecified atom stereocenters. The first kappa shape index (κ1) is 20.7. The molecule has 0 aromatic heterocycles. The van der Waals surface area contributed by atoms with Gasteiger partial charge in [-0.1, -0.05) is 30.3 Å². The van der Waals surface area contributed by atoms with E-state index in [9.17, 15) is 14.4 Å². The lowest BCUT2D eigenvalue weighted by atomic mass is 10.0. The number of amides is 3. The Morgan fingerprint density at radius 1 is 0.969 bits per heavy atom. The van der Waals surface area contributed by atoms with Crippen molar-refractivity contribution in [3.8, 4) is 0 Å². The molecule has 2 N–H and O–H groups in total. The van der Waals surface area contributed by atoms with E-state index in [0.29, 0.717) is 24.6 Å². The Bertz CT molecular complexity index is 1030. The zero-order valence-electron chi connectivity index (χ0n) is 18.0. The molecule has 0 aliphatic carbocycles. The van der Waals surface area contributed by atoms with Gasteiger partial charge in [-0.25, -0.2) is 0 Å². The number of rotatable bonds is 5. The molecule has 3 aliphatic rings. The fraction of sp³-hybridized carbons (Fsp3) is 0.400. The van der Waals surface area contributed by atoms with Gasteiger partial charge in [-0.05, 0) is 61.7 Å². The summed E-state index contributed by atoms with van der Waals surface area (Å²) in [5, 5.41) is 5.80. The minimum absolute atomic E-state index is 0.126. The number of fused-ring (bicyclic) bond motifs is 1. The van der Waals surface area contributed by atoms with Crippen LogP contribution in [0.4, 0.5) is 5.69 Å². The summed E-state index contributed by atoms with van der Waals surface area (Å²) in [5.74, 6) is -0.764. The molecule has 0 spiro atoms. The van der Waals surface area contributed by atoms with Crippen molar-refractivity contribution in [2.24, 2.45) is 0 Å². The Labute approximate surface area is 187 Å². The van der Waals surface area contributed by atoms with Crippen LogP contribution < -0.4 is 15.5 Å². The van der Waals surface area contributed by atoms with Crippen molar-refractivity contribution < 1.29 is 14.4 Å². The fourth-order valence-electron chi connectivity index (χ4n) is 5.09. The molecule has 2 aromatic carbocycles. The standard InChI is InChI=1S/C25H28N4O3/c30-23-9-8-22(24(31)27-23)29-16-18-14-17(6-7-21(18)25(29)32)15-28(19-4-2-1-3-5-19)20-10-12-26-13-11-20/h1-7,14,20,22,26H,8-13,15-16H2,(H,27,30,31). The van der Waals surface area contributed by atoms with Crippen LogP contribution in [0, 0.1) is 0 Å². The Morgan fingerprint density at radius 2 is 1.75 bits per heavy atom. The molecule has 2 saturated heterocycles. The molecule has 0 bridgehead atoms. The van der Waals surface area contributed by atoms with Gasteiger partial charge < -0.3 is 15.1 Å². The molecule has 3 heterocycles. The maximum absolute atomic E-state index is 13.0. The van der Waals surface area contributed by atoms with Gasteiger partial charge in [0.05, 0.1) is 0 Å². The number of carbonyl (C=O) groups excluding carboxylic acids is 3. The SMILES string of the molecule is O=C1CCC(N2Cc3cc(CN(c4ccccc4)C4CCNCC4)ccc3C2=O)C(=O)N1. The summed E-state index contributed by atoms with van der Waals surface area (Å²) in [5.41, 5.74) is 3.98. The van der Waals surface area contributed by atoms with E-state index in [1.54, 1.807) is 4.90 Å². The molecule has 5 rings (SSSR count). The van der Waals surface area contributed by atoms with Gasteiger partial charge in [0.1, 0.15) is 6.04 Å². The topological polar surface area (TPSA) is 81.8 Å².